The average molecular weight is 358 g/mol. The minimum Gasteiger partial charge on any atom is -0.331 e. The highest BCUT2D eigenvalue weighted by Gasteiger charge is 2.14. The number of hydrogen-bond acceptors (Lipinski definition) is 1. The van der Waals surface area contributed by atoms with Crippen LogP contribution in [-0.4, -0.2) is 6.03 Å². The monoisotopic (exact) mass is 356 g/mol. The fourth-order valence-electron chi connectivity index (χ4n) is 2.03. The van der Waals surface area contributed by atoms with E-state index >= 15 is 0 Å². The topological polar surface area (TPSA) is 41.1 Å². The smallest absolute Gasteiger partial charge is 0.319 e. The summed E-state index contributed by atoms with van der Waals surface area (Å²) in [6.07, 6.45) is 0.748. The van der Waals surface area contributed by atoms with Gasteiger partial charge in [-0.15, -0.1) is 0 Å². The highest BCUT2D eigenvalue weighted by molar-refractivity contribution is 6.43. The number of carbonyl (C=O) groups excluding carboxylic acids is 1. The van der Waals surface area contributed by atoms with E-state index in [0.29, 0.717) is 20.8 Å². The van der Waals surface area contributed by atoms with Crippen LogP contribution in [0.4, 0.5) is 10.5 Å². The zero-order valence-electron chi connectivity index (χ0n) is 11.9. The van der Waals surface area contributed by atoms with Crippen LogP contribution in [0.25, 0.3) is 0 Å². The molecule has 0 fully saturated rings. The molecule has 0 aromatic heterocycles. The maximum Gasteiger partial charge on any atom is 0.319 e. The van der Waals surface area contributed by atoms with Crippen LogP contribution in [0.15, 0.2) is 42.5 Å². The summed E-state index contributed by atoms with van der Waals surface area (Å²) >= 11 is 17.9. The van der Waals surface area contributed by atoms with Gasteiger partial charge < -0.3 is 10.6 Å². The van der Waals surface area contributed by atoms with E-state index in [1.807, 2.05) is 19.1 Å². The van der Waals surface area contributed by atoms with Crippen molar-refractivity contribution in [3.8, 4) is 0 Å². The largest absolute Gasteiger partial charge is 0.331 e. The molecule has 0 bridgehead atoms. The molecule has 2 aromatic carbocycles. The van der Waals surface area contributed by atoms with E-state index < -0.39 is 0 Å². The molecule has 0 spiro atoms. The lowest BCUT2D eigenvalue weighted by molar-refractivity contribution is 0.248. The van der Waals surface area contributed by atoms with Crippen LogP contribution in [0.5, 0.6) is 0 Å². The molecule has 0 saturated carbocycles. The first-order valence-electron chi connectivity index (χ1n) is 6.78. The van der Waals surface area contributed by atoms with Crippen LogP contribution in [0.1, 0.15) is 24.9 Å². The number of amides is 2. The second-order valence-electron chi connectivity index (χ2n) is 4.71. The van der Waals surface area contributed by atoms with Crippen LogP contribution in [0.2, 0.25) is 15.1 Å². The van der Waals surface area contributed by atoms with Crippen molar-refractivity contribution in [3.05, 3.63) is 63.1 Å². The first-order chi connectivity index (χ1) is 10.5. The second-order valence-corrected chi connectivity index (χ2v) is 5.93. The Kier molecular flexibility index (Phi) is 5.95. The van der Waals surface area contributed by atoms with Gasteiger partial charge in [-0.05, 0) is 36.2 Å². The molecule has 116 valence electrons. The van der Waals surface area contributed by atoms with Crippen molar-refractivity contribution < 1.29 is 4.79 Å². The lowest BCUT2D eigenvalue weighted by atomic mass is 10.1. The quantitative estimate of drug-likeness (QED) is 0.700. The molecular weight excluding hydrogens is 343 g/mol. The van der Waals surface area contributed by atoms with Crippen molar-refractivity contribution in [2.24, 2.45) is 0 Å². The minimum atomic E-state index is -0.342. The number of urea groups is 1. The van der Waals surface area contributed by atoms with Gasteiger partial charge in [0, 0.05) is 5.02 Å². The zero-order chi connectivity index (χ0) is 16.1. The van der Waals surface area contributed by atoms with E-state index in [2.05, 4.69) is 10.6 Å². The van der Waals surface area contributed by atoms with Crippen molar-refractivity contribution >= 4 is 46.5 Å². The van der Waals surface area contributed by atoms with Gasteiger partial charge in [0.2, 0.25) is 0 Å². The molecule has 0 heterocycles. The Hall–Kier alpha value is -1.42. The van der Waals surface area contributed by atoms with Crippen LogP contribution < -0.4 is 10.6 Å². The SMILES string of the molecule is CC[C@@H](NC(=O)Nc1cccc(Cl)c1Cl)c1ccc(Cl)cc1. The van der Waals surface area contributed by atoms with Gasteiger partial charge in [0.05, 0.1) is 21.8 Å². The van der Waals surface area contributed by atoms with Gasteiger partial charge in [0.15, 0.2) is 0 Å². The highest BCUT2D eigenvalue weighted by Crippen LogP contribution is 2.29. The van der Waals surface area contributed by atoms with Crippen molar-refractivity contribution in [1.82, 2.24) is 5.32 Å². The molecule has 2 rings (SSSR count). The molecule has 2 aromatic rings. The molecule has 0 radical (unpaired) electrons. The van der Waals surface area contributed by atoms with Gasteiger partial charge in [-0.3, -0.25) is 0 Å². The number of benzene rings is 2. The molecule has 22 heavy (non-hydrogen) atoms. The number of carbonyl (C=O) groups is 1. The second kappa shape index (κ2) is 7.73. The fraction of sp³-hybridized carbons (Fsp3) is 0.188. The molecule has 0 aliphatic heterocycles. The van der Waals surface area contributed by atoms with E-state index in [0.717, 1.165) is 12.0 Å². The minimum absolute atomic E-state index is 0.116. The Labute approximate surface area is 144 Å². The third-order valence-corrected chi connectivity index (χ3v) is 4.26. The van der Waals surface area contributed by atoms with Gasteiger partial charge in [0.1, 0.15) is 0 Å². The Bertz CT molecular complexity index is 659. The fourth-order valence-corrected chi connectivity index (χ4v) is 2.51. The highest BCUT2D eigenvalue weighted by atomic mass is 35.5. The van der Waals surface area contributed by atoms with Crippen molar-refractivity contribution in [2.75, 3.05) is 5.32 Å². The maximum absolute atomic E-state index is 12.1. The van der Waals surface area contributed by atoms with E-state index in [1.54, 1.807) is 30.3 Å². The molecule has 0 aliphatic carbocycles. The van der Waals surface area contributed by atoms with Gasteiger partial charge in [-0.25, -0.2) is 4.79 Å². The summed E-state index contributed by atoms with van der Waals surface area (Å²) in [4.78, 5) is 12.1. The normalized spacial score (nSPS) is 11.8. The third kappa shape index (κ3) is 4.29. The van der Waals surface area contributed by atoms with Crippen LogP contribution in [0.3, 0.4) is 0 Å². The molecule has 3 nitrogen and oxygen atoms in total. The Morgan fingerprint density at radius 3 is 2.41 bits per heavy atom. The Morgan fingerprint density at radius 1 is 1.09 bits per heavy atom. The van der Waals surface area contributed by atoms with E-state index in [-0.39, 0.29) is 12.1 Å². The lowest BCUT2D eigenvalue weighted by Gasteiger charge is -2.18. The third-order valence-electron chi connectivity index (χ3n) is 3.19. The Morgan fingerprint density at radius 2 is 1.77 bits per heavy atom. The van der Waals surface area contributed by atoms with E-state index in [9.17, 15) is 4.79 Å². The number of nitrogens with one attached hydrogen (secondary N) is 2. The van der Waals surface area contributed by atoms with Gasteiger partial charge >= 0.3 is 6.03 Å². The van der Waals surface area contributed by atoms with Crippen LogP contribution >= 0.6 is 34.8 Å². The van der Waals surface area contributed by atoms with Crippen LogP contribution in [0, 0.1) is 0 Å². The molecule has 0 saturated heterocycles. The first kappa shape index (κ1) is 16.9. The Balaban J connectivity index is 2.06. The summed E-state index contributed by atoms with van der Waals surface area (Å²) in [5.74, 6) is 0. The molecule has 2 N–H and O–H groups in total. The first-order valence-corrected chi connectivity index (χ1v) is 7.91. The number of anilines is 1. The molecule has 1 atom stereocenters. The van der Waals surface area contributed by atoms with Crippen molar-refractivity contribution in [3.63, 3.8) is 0 Å². The van der Waals surface area contributed by atoms with Crippen molar-refractivity contribution in [2.45, 2.75) is 19.4 Å². The molecule has 2 amide bonds. The van der Waals surface area contributed by atoms with E-state index in [1.165, 1.54) is 0 Å². The van der Waals surface area contributed by atoms with Crippen molar-refractivity contribution in [1.29, 1.82) is 0 Å². The summed E-state index contributed by atoms with van der Waals surface area (Å²) in [6.45, 7) is 1.99. The van der Waals surface area contributed by atoms with E-state index in [4.69, 9.17) is 34.8 Å². The van der Waals surface area contributed by atoms with Gasteiger partial charge in [-0.1, -0.05) is 59.9 Å². The summed E-state index contributed by atoms with van der Waals surface area (Å²) in [7, 11) is 0. The molecular formula is C16H15Cl3N2O. The summed E-state index contributed by atoms with van der Waals surface area (Å²) < 4.78 is 0. The predicted molar refractivity (Wildman–Crippen MR) is 93.1 cm³/mol. The summed E-state index contributed by atoms with van der Waals surface area (Å²) in [5, 5.41) is 6.98. The summed E-state index contributed by atoms with van der Waals surface area (Å²) in [5.41, 5.74) is 1.46. The summed E-state index contributed by atoms with van der Waals surface area (Å²) in [6, 6.07) is 12.0. The number of hydrogen-bond donors (Lipinski definition) is 2. The average Bonchev–Trinajstić information content (AvgIpc) is 2.50. The zero-order valence-corrected chi connectivity index (χ0v) is 14.1. The van der Waals surface area contributed by atoms with Crippen LogP contribution in [-0.2, 0) is 0 Å². The predicted octanol–water partition coefficient (Wildman–Crippen LogP) is 5.92. The lowest BCUT2D eigenvalue weighted by Crippen LogP contribution is -2.32. The molecule has 0 unspecified atom stereocenters. The number of halogens is 3. The molecule has 0 aliphatic rings. The van der Waals surface area contributed by atoms with Gasteiger partial charge in [-0.2, -0.15) is 0 Å². The standard InChI is InChI=1S/C16H15Cl3N2O/c1-2-13(10-6-8-11(17)9-7-10)20-16(22)21-14-5-3-4-12(18)15(14)19/h3-9,13H,2H2,1H3,(H2,20,21,22)/t13-/m1/s1. The molecule has 6 heteroatoms. The van der Waals surface area contributed by atoms with Gasteiger partial charge in [0.25, 0.3) is 0 Å². The maximum atomic E-state index is 12.1. The number of rotatable bonds is 4.